The Morgan fingerprint density at radius 3 is 3.10 bits per heavy atom. The van der Waals surface area contributed by atoms with Crippen LogP contribution >= 0.6 is 27.3 Å². The zero-order valence-electron chi connectivity index (χ0n) is 11.1. The first-order chi connectivity index (χ1) is 9.79. The number of hydrogen-bond acceptors (Lipinski definition) is 3. The Balaban J connectivity index is 1.92. The molecule has 0 N–H and O–H groups in total. The highest BCUT2D eigenvalue weighted by molar-refractivity contribution is 9.08. The van der Waals surface area contributed by atoms with E-state index in [2.05, 4.69) is 68.0 Å². The summed E-state index contributed by atoms with van der Waals surface area (Å²) in [5.41, 5.74) is 3.94. The Morgan fingerprint density at radius 1 is 1.40 bits per heavy atom. The predicted octanol–water partition coefficient (Wildman–Crippen LogP) is 4.37. The van der Waals surface area contributed by atoms with E-state index in [4.69, 9.17) is 4.98 Å². The molecule has 0 bridgehead atoms. The largest absolute Gasteiger partial charge is 0.321 e. The van der Waals surface area contributed by atoms with Crippen LogP contribution in [0.1, 0.15) is 18.2 Å². The standard InChI is InChI=1S/C15H14BrN3S/c1-10-8-11-4-2-3-5-12(11)19(10)14-13(9-16)18-6-7-20-15(18)17-14/h2-7,10H,8-9H2,1H3. The van der Waals surface area contributed by atoms with Crippen molar-refractivity contribution in [2.24, 2.45) is 0 Å². The van der Waals surface area contributed by atoms with Crippen molar-refractivity contribution in [3.8, 4) is 0 Å². The smallest absolute Gasteiger partial charge is 0.195 e. The Kier molecular flexibility index (Phi) is 2.86. The van der Waals surface area contributed by atoms with Gasteiger partial charge < -0.3 is 4.90 Å². The number of para-hydroxylation sites is 1. The van der Waals surface area contributed by atoms with E-state index in [1.807, 2.05) is 0 Å². The van der Waals surface area contributed by atoms with Crippen molar-refractivity contribution in [3.05, 3.63) is 47.1 Å². The fourth-order valence-corrected chi connectivity index (χ4v) is 4.28. The lowest BCUT2D eigenvalue weighted by Gasteiger charge is -2.23. The van der Waals surface area contributed by atoms with Crippen molar-refractivity contribution in [2.45, 2.75) is 24.7 Å². The van der Waals surface area contributed by atoms with Crippen molar-refractivity contribution < 1.29 is 0 Å². The van der Waals surface area contributed by atoms with Crippen LogP contribution in [0, 0.1) is 0 Å². The molecular formula is C15H14BrN3S. The van der Waals surface area contributed by atoms with Gasteiger partial charge in [0.25, 0.3) is 0 Å². The van der Waals surface area contributed by atoms with Crippen molar-refractivity contribution in [2.75, 3.05) is 4.90 Å². The second kappa shape index (κ2) is 4.60. The zero-order chi connectivity index (χ0) is 13.7. The average molecular weight is 348 g/mol. The van der Waals surface area contributed by atoms with Crippen molar-refractivity contribution in [3.63, 3.8) is 0 Å². The molecule has 0 saturated carbocycles. The summed E-state index contributed by atoms with van der Waals surface area (Å²) in [5.74, 6) is 1.09. The molecule has 3 aromatic rings. The zero-order valence-corrected chi connectivity index (χ0v) is 13.5. The summed E-state index contributed by atoms with van der Waals surface area (Å²) >= 11 is 5.30. The maximum Gasteiger partial charge on any atom is 0.195 e. The lowest BCUT2D eigenvalue weighted by atomic mass is 10.1. The number of aromatic nitrogens is 2. The normalized spacial score (nSPS) is 17.9. The third-order valence-corrected chi connectivity index (χ3v) is 5.19. The predicted molar refractivity (Wildman–Crippen MR) is 87.4 cm³/mol. The second-order valence-electron chi connectivity index (χ2n) is 5.12. The number of fused-ring (bicyclic) bond motifs is 2. The summed E-state index contributed by atoms with van der Waals surface area (Å²) in [6.07, 6.45) is 3.18. The van der Waals surface area contributed by atoms with Crippen LogP contribution in [0.2, 0.25) is 0 Å². The first-order valence-corrected chi connectivity index (χ1v) is 8.67. The second-order valence-corrected chi connectivity index (χ2v) is 6.56. The summed E-state index contributed by atoms with van der Waals surface area (Å²) in [6, 6.07) is 9.10. The number of anilines is 2. The third-order valence-electron chi connectivity index (χ3n) is 3.90. The van der Waals surface area contributed by atoms with Gasteiger partial charge in [0.05, 0.1) is 5.69 Å². The van der Waals surface area contributed by atoms with Crippen LogP contribution in [-0.2, 0) is 11.8 Å². The first kappa shape index (κ1) is 12.4. The SMILES string of the molecule is CC1Cc2ccccc2N1c1nc2sccn2c1CBr. The maximum atomic E-state index is 4.85. The molecule has 1 unspecified atom stereocenters. The first-order valence-electron chi connectivity index (χ1n) is 6.67. The molecule has 3 heterocycles. The molecule has 1 atom stereocenters. The van der Waals surface area contributed by atoms with Gasteiger partial charge in [-0.1, -0.05) is 34.1 Å². The molecule has 0 amide bonds. The van der Waals surface area contributed by atoms with Crippen molar-refractivity contribution in [1.82, 2.24) is 9.38 Å². The number of rotatable bonds is 2. The molecule has 3 nitrogen and oxygen atoms in total. The maximum absolute atomic E-state index is 4.85. The van der Waals surface area contributed by atoms with E-state index in [-0.39, 0.29) is 0 Å². The molecule has 5 heteroatoms. The molecule has 1 aliphatic heterocycles. The van der Waals surface area contributed by atoms with E-state index >= 15 is 0 Å². The molecule has 0 aliphatic carbocycles. The van der Waals surface area contributed by atoms with Gasteiger partial charge in [-0.05, 0) is 25.0 Å². The van der Waals surface area contributed by atoms with E-state index in [1.165, 1.54) is 16.9 Å². The highest BCUT2D eigenvalue weighted by Crippen LogP contribution is 2.40. The van der Waals surface area contributed by atoms with Gasteiger partial charge in [-0.25, -0.2) is 4.98 Å². The van der Waals surface area contributed by atoms with Crippen LogP contribution in [-0.4, -0.2) is 15.4 Å². The van der Waals surface area contributed by atoms with Gasteiger partial charge in [0.1, 0.15) is 0 Å². The fourth-order valence-electron chi connectivity index (χ4n) is 3.03. The number of hydrogen-bond donors (Lipinski definition) is 0. The van der Waals surface area contributed by atoms with Crippen LogP contribution in [0.4, 0.5) is 11.5 Å². The Morgan fingerprint density at radius 2 is 2.25 bits per heavy atom. The Bertz CT molecular complexity index is 776. The summed E-state index contributed by atoms with van der Waals surface area (Å²) < 4.78 is 2.18. The van der Waals surface area contributed by atoms with Crippen molar-refractivity contribution >= 4 is 43.7 Å². The highest BCUT2D eigenvalue weighted by Gasteiger charge is 2.30. The number of nitrogens with zero attached hydrogens (tertiary/aromatic N) is 3. The minimum atomic E-state index is 0.454. The third kappa shape index (κ3) is 1.66. The topological polar surface area (TPSA) is 20.5 Å². The van der Waals surface area contributed by atoms with Gasteiger partial charge in [-0.2, -0.15) is 0 Å². The summed E-state index contributed by atoms with van der Waals surface area (Å²) in [5, 5.41) is 2.89. The number of thiazole rings is 1. The van der Waals surface area contributed by atoms with Gasteiger partial charge >= 0.3 is 0 Å². The van der Waals surface area contributed by atoms with Gasteiger partial charge in [0.2, 0.25) is 0 Å². The van der Waals surface area contributed by atoms with Crippen LogP contribution in [0.3, 0.4) is 0 Å². The monoisotopic (exact) mass is 347 g/mol. The van der Waals surface area contributed by atoms with Gasteiger partial charge in [-0.3, -0.25) is 4.40 Å². The van der Waals surface area contributed by atoms with E-state index in [1.54, 1.807) is 11.3 Å². The summed E-state index contributed by atoms with van der Waals surface area (Å²) in [7, 11) is 0. The lowest BCUT2D eigenvalue weighted by molar-refractivity contribution is 0.750. The van der Waals surface area contributed by atoms with Crippen LogP contribution in [0.15, 0.2) is 35.8 Å². The molecule has 0 spiro atoms. The quantitative estimate of drug-likeness (QED) is 0.641. The Hall–Kier alpha value is -1.33. The molecule has 1 aromatic carbocycles. The minimum absolute atomic E-state index is 0.454. The molecule has 0 saturated heterocycles. The number of imidazole rings is 1. The highest BCUT2D eigenvalue weighted by atomic mass is 79.9. The van der Waals surface area contributed by atoms with Crippen molar-refractivity contribution in [1.29, 1.82) is 0 Å². The van der Waals surface area contributed by atoms with E-state index < -0.39 is 0 Å². The molecule has 20 heavy (non-hydrogen) atoms. The van der Waals surface area contributed by atoms with Crippen LogP contribution < -0.4 is 4.90 Å². The number of halogens is 1. The van der Waals surface area contributed by atoms with Gasteiger partial charge in [0.15, 0.2) is 10.8 Å². The summed E-state index contributed by atoms with van der Waals surface area (Å²) in [4.78, 5) is 8.29. The molecule has 0 radical (unpaired) electrons. The van der Waals surface area contributed by atoms with Crippen LogP contribution in [0.5, 0.6) is 0 Å². The number of alkyl halides is 1. The van der Waals surface area contributed by atoms with Crippen LogP contribution in [0.25, 0.3) is 4.96 Å². The molecule has 0 fully saturated rings. The van der Waals surface area contributed by atoms with Gasteiger partial charge in [0, 0.05) is 28.6 Å². The summed E-state index contributed by atoms with van der Waals surface area (Å²) in [6.45, 7) is 2.27. The van der Waals surface area contributed by atoms with E-state index in [0.717, 1.165) is 22.5 Å². The lowest BCUT2D eigenvalue weighted by Crippen LogP contribution is -2.25. The fraction of sp³-hybridized carbons (Fsp3) is 0.267. The van der Waals surface area contributed by atoms with E-state index in [0.29, 0.717) is 6.04 Å². The molecule has 102 valence electrons. The van der Waals surface area contributed by atoms with E-state index in [9.17, 15) is 0 Å². The Labute approximate surface area is 130 Å². The minimum Gasteiger partial charge on any atom is -0.321 e. The molecular weight excluding hydrogens is 334 g/mol. The number of benzene rings is 1. The molecule has 4 rings (SSSR count). The molecule has 1 aliphatic rings. The molecule has 2 aromatic heterocycles. The average Bonchev–Trinajstić information content (AvgIpc) is 3.08. The van der Waals surface area contributed by atoms with Gasteiger partial charge in [-0.15, -0.1) is 11.3 Å².